The Labute approximate surface area is 111 Å². The lowest BCUT2D eigenvalue weighted by Crippen LogP contribution is -2.27. The van der Waals surface area contributed by atoms with E-state index in [9.17, 15) is 0 Å². The molecule has 0 radical (unpaired) electrons. The number of nitrogens with zero attached hydrogens (tertiary/aromatic N) is 2. The Morgan fingerprint density at radius 2 is 2.24 bits per heavy atom. The molecular weight excluding hydrogens is 280 g/mol. The van der Waals surface area contributed by atoms with Crippen molar-refractivity contribution in [3.63, 3.8) is 0 Å². The van der Waals surface area contributed by atoms with Gasteiger partial charge in [-0.2, -0.15) is 5.26 Å². The minimum atomic E-state index is 0.715. The molecule has 0 atom stereocenters. The van der Waals surface area contributed by atoms with Crippen LogP contribution in [0.4, 0.5) is 0 Å². The number of nitriles is 1. The van der Waals surface area contributed by atoms with Gasteiger partial charge in [0, 0.05) is 24.7 Å². The van der Waals surface area contributed by atoms with Crippen molar-refractivity contribution >= 4 is 15.9 Å². The number of ether oxygens (including phenoxy) is 1. The van der Waals surface area contributed by atoms with Gasteiger partial charge in [-0.1, -0.05) is 28.9 Å². The van der Waals surface area contributed by atoms with Crippen molar-refractivity contribution < 1.29 is 4.74 Å². The minimum Gasteiger partial charge on any atom is -0.383 e. The number of likely N-dealkylation sites (N-methyl/N-ethyl adjacent to an activating group) is 1. The van der Waals surface area contributed by atoms with Crippen LogP contribution in [0.3, 0.4) is 0 Å². The Hall–Kier alpha value is -0.890. The quantitative estimate of drug-likeness (QED) is 0.810. The van der Waals surface area contributed by atoms with E-state index in [1.807, 2.05) is 18.2 Å². The second kappa shape index (κ2) is 7.44. The average molecular weight is 297 g/mol. The number of rotatable bonds is 6. The van der Waals surface area contributed by atoms with Crippen LogP contribution in [0, 0.1) is 11.3 Å². The highest BCUT2D eigenvalue weighted by Gasteiger charge is 2.08. The van der Waals surface area contributed by atoms with Gasteiger partial charge in [0.2, 0.25) is 0 Å². The van der Waals surface area contributed by atoms with Gasteiger partial charge < -0.3 is 4.74 Å². The smallest absolute Gasteiger partial charge is 0.0995 e. The Bertz CT molecular complexity index is 401. The van der Waals surface area contributed by atoms with Gasteiger partial charge in [0.25, 0.3) is 0 Å². The van der Waals surface area contributed by atoms with Crippen LogP contribution < -0.4 is 0 Å². The molecule has 0 N–H and O–H groups in total. The third-order valence-corrected chi connectivity index (χ3v) is 3.14. The summed E-state index contributed by atoms with van der Waals surface area (Å²) in [5.74, 6) is 0. The van der Waals surface area contributed by atoms with Crippen molar-refractivity contribution in [3.8, 4) is 6.07 Å². The van der Waals surface area contributed by atoms with Gasteiger partial charge in [-0.3, -0.25) is 4.90 Å². The van der Waals surface area contributed by atoms with Crippen LogP contribution in [0.2, 0.25) is 0 Å². The fourth-order valence-electron chi connectivity index (χ4n) is 1.60. The van der Waals surface area contributed by atoms with Crippen LogP contribution in [0.1, 0.15) is 18.1 Å². The maximum atomic E-state index is 9.09. The summed E-state index contributed by atoms with van der Waals surface area (Å²) in [7, 11) is 1.70. The Kier molecular flexibility index (Phi) is 6.20. The normalized spacial score (nSPS) is 10.5. The molecule has 92 valence electrons. The molecule has 1 aromatic rings. The van der Waals surface area contributed by atoms with E-state index < -0.39 is 0 Å². The van der Waals surface area contributed by atoms with Crippen LogP contribution in [0.15, 0.2) is 22.7 Å². The first kappa shape index (κ1) is 14.2. The average Bonchev–Trinajstić information content (AvgIpc) is 2.35. The van der Waals surface area contributed by atoms with Gasteiger partial charge in [0.15, 0.2) is 0 Å². The molecule has 0 aliphatic rings. The number of methoxy groups -OCH3 is 1. The van der Waals surface area contributed by atoms with E-state index in [1.165, 1.54) is 0 Å². The molecule has 17 heavy (non-hydrogen) atoms. The third-order valence-electron chi connectivity index (χ3n) is 2.65. The van der Waals surface area contributed by atoms with E-state index in [0.29, 0.717) is 6.61 Å². The van der Waals surface area contributed by atoms with Crippen molar-refractivity contribution in [1.82, 2.24) is 4.90 Å². The van der Waals surface area contributed by atoms with Crippen LogP contribution in [0.25, 0.3) is 0 Å². The molecule has 0 saturated heterocycles. The van der Waals surface area contributed by atoms with Crippen molar-refractivity contribution in [2.75, 3.05) is 26.8 Å². The van der Waals surface area contributed by atoms with Gasteiger partial charge in [-0.25, -0.2) is 0 Å². The lowest BCUT2D eigenvalue weighted by atomic mass is 10.1. The third kappa shape index (κ3) is 4.47. The highest BCUT2D eigenvalue weighted by molar-refractivity contribution is 9.10. The topological polar surface area (TPSA) is 36.3 Å². The SMILES string of the molecule is CCN(CCOC)Cc1ccc(Br)cc1C#N. The van der Waals surface area contributed by atoms with Crippen molar-refractivity contribution in [3.05, 3.63) is 33.8 Å². The largest absolute Gasteiger partial charge is 0.383 e. The predicted octanol–water partition coefficient (Wildman–Crippen LogP) is 2.79. The predicted molar refractivity (Wildman–Crippen MR) is 71.7 cm³/mol. The van der Waals surface area contributed by atoms with Crippen LogP contribution >= 0.6 is 15.9 Å². The standard InChI is InChI=1S/C13H17BrN2O/c1-3-16(6-7-17-2)10-11-4-5-13(14)8-12(11)9-15/h4-5,8H,3,6-7,10H2,1-2H3. The molecule has 0 unspecified atom stereocenters. The van der Waals surface area contributed by atoms with Gasteiger partial charge in [-0.05, 0) is 24.2 Å². The second-order valence-corrected chi connectivity index (χ2v) is 4.69. The van der Waals surface area contributed by atoms with Gasteiger partial charge in [0.05, 0.1) is 18.2 Å². The molecule has 0 spiro atoms. The van der Waals surface area contributed by atoms with Gasteiger partial charge in [-0.15, -0.1) is 0 Å². The molecule has 0 aliphatic heterocycles. The molecule has 0 heterocycles. The molecule has 0 bridgehead atoms. The molecular formula is C13H17BrN2O. The number of hydrogen-bond acceptors (Lipinski definition) is 3. The maximum Gasteiger partial charge on any atom is 0.0995 e. The molecule has 4 heteroatoms. The van der Waals surface area contributed by atoms with E-state index >= 15 is 0 Å². The molecule has 0 fully saturated rings. The fourth-order valence-corrected chi connectivity index (χ4v) is 1.96. The summed E-state index contributed by atoms with van der Waals surface area (Å²) < 4.78 is 6.02. The first-order valence-electron chi connectivity index (χ1n) is 5.61. The first-order valence-corrected chi connectivity index (χ1v) is 6.40. The Balaban J connectivity index is 2.75. The van der Waals surface area contributed by atoms with Gasteiger partial charge >= 0.3 is 0 Å². The molecule has 0 saturated carbocycles. The monoisotopic (exact) mass is 296 g/mol. The zero-order chi connectivity index (χ0) is 12.7. The molecule has 1 rings (SSSR count). The summed E-state index contributed by atoms with van der Waals surface area (Å²) in [6, 6.07) is 8.07. The van der Waals surface area contributed by atoms with E-state index in [2.05, 4.69) is 33.8 Å². The van der Waals surface area contributed by atoms with Crippen molar-refractivity contribution in [1.29, 1.82) is 5.26 Å². The summed E-state index contributed by atoms with van der Waals surface area (Å²) in [6.45, 7) is 5.45. The van der Waals surface area contributed by atoms with E-state index in [4.69, 9.17) is 10.00 Å². The second-order valence-electron chi connectivity index (χ2n) is 3.77. The minimum absolute atomic E-state index is 0.715. The molecule has 0 aliphatic carbocycles. The summed E-state index contributed by atoms with van der Waals surface area (Å²) in [4.78, 5) is 2.26. The van der Waals surface area contributed by atoms with Crippen LogP contribution in [0.5, 0.6) is 0 Å². The summed E-state index contributed by atoms with van der Waals surface area (Å²) in [5.41, 5.74) is 1.80. The lowest BCUT2D eigenvalue weighted by Gasteiger charge is -2.20. The Morgan fingerprint density at radius 1 is 1.47 bits per heavy atom. The number of benzene rings is 1. The van der Waals surface area contributed by atoms with E-state index in [0.717, 1.165) is 35.2 Å². The zero-order valence-electron chi connectivity index (χ0n) is 10.2. The molecule has 3 nitrogen and oxygen atoms in total. The number of hydrogen-bond donors (Lipinski definition) is 0. The number of halogens is 1. The molecule has 0 aromatic heterocycles. The first-order chi connectivity index (χ1) is 8.21. The van der Waals surface area contributed by atoms with Crippen LogP contribution in [-0.4, -0.2) is 31.7 Å². The lowest BCUT2D eigenvalue weighted by molar-refractivity contribution is 0.147. The highest BCUT2D eigenvalue weighted by atomic mass is 79.9. The summed E-state index contributed by atoms with van der Waals surface area (Å²) in [5, 5.41) is 9.09. The van der Waals surface area contributed by atoms with E-state index in [-0.39, 0.29) is 0 Å². The van der Waals surface area contributed by atoms with Gasteiger partial charge in [0.1, 0.15) is 0 Å². The van der Waals surface area contributed by atoms with E-state index in [1.54, 1.807) is 7.11 Å². The highest BCUT2D eigenvalue weighted by Crippen LogP contribution is 2.17. The summed E-state index contributed by atoms with van der Waals surface area (Å²) in [6.07, 6.45) is 0. The zero-order valence-corrected chi connectivity index (χ0v) is 11.8. The van der Waals surface area contributed by atoms with Crippen molar-refractivity contribution in [2.45, 2.75) is 13.5 Å². The maximum absolute atomic E-state index is 9.09. The van der Waals surface area contributed by atoms with Crippen LogP contribution in [-0.2, 0) is 11.3 Å². The molecule has 1 aromatic carbocycles. The Morgan fingerprint density at radius 3 is 2.82 bits per heavy atom. The fraction of sp³-hybridized carbons (Fsp3) is 0.462. The molecule has 0 amide bonds. The van der Waals surface area contributed by atoms with Crippen molar-refractivity contribution in [2.24, 2.45) is 0 Å². The summed E-state index contributed by atoms with van der Waals surface area (Å²) >= 11 is 3.38.